The highest BCUT2D eigenvalue weighted by atomic mass is 16.3. The van der Waals surface area contributed by atoms with Gasteiger partial charge in [-0.3, -0.25) is 4.79 Å². The van der Waals surface area contributed by atoms with E-state index in [1.54, 1.807) is 6.92 Å². The monoisotopic (exact) mass is 247 g/mol. The molecule has 1 unspecified atom stereocenters. The van der Waals surface area contributed by atoms with Crippen molar-refractivity contribution < 1.29 is 9.90 Å². The highest BCUT2D eigenvalue weighted by Crippen LogP contribution is 2.28. The van der Waals surface area contributed by atoms with Crippen molar-refractivity contribution >= 4 is 5.91 Å². The van der Waals surface area contributed by atoms with Crippen molar-refractivity contribution in [1.29, 1.82) is 0 Å². The first-order chi connectivity index (χ1) is 8.47. The van der Waals surface area contributed by atoms with E-state index in [1.165, 1.54) is 11.1 Å². The van der Waals surface area contributed by atoms with Crippen molar-refractivity contribution in [1.82, 2.24) is 4.90 Å². The lowest BCUT2D eigenvalue weighted by molar-refractivity contribution is -0.129. The molecule has 0 aliphatic carbocycles. The Labute approximate surface area is 108 Å². The number of hydrogen-bond donors (Lipinski definition) is 1. The Morgan fingerprint density at radius 1 is 1.33 bits per heavy atom. The average Bonchev–Trinajstić information content (AvgIpc) is 2.70. The fourth-order valence-electron chi connectivity index (χ4n) is 2.43. The molecule has 18 heavy (non-hydrogen) atoms. The van der Waals surface area contributed by atoms with Gasteiger partial charge in [-0.2, -0.15) is 0 Å². The van der Waals surface area contributed by atoms with Crippen LogP contribution in [0.4, 0.5) is 0 Å². The molecule has 98 valence electrons. The molecule has 0 fully saturated rings. The van der Waals surface area contributed by atoms with Gasteiger partial charge in [0, 0.05) is 20.0 Å². The number of amides is 1. The summed E-state index contributed by atoms with van der Waals surface area (Å²) in [4.78, 5) is 13.2. The highest BCUT2D eigenvalue weighted by molar-refractivity contribution is 5.74. The maximum atomic E-state index is 11.4. The van der Waals surface area contributed by atoms with E-state index >= 15 is 0 Å². The Bertz CT molecular complexity index is 454. The number of aliphatic hydroxyl groups excluding tert-OH is 1. The average molecular weight is 247 g/mol. The van der Waals surface area contributed by atoms with Gasteiger partial charge in [0.1, 0.15) is 0 Å². The zero-order valence-corrected chi connectivity index (χ0v) is 11.3. The van der Waals surface area contributed by atoms with Crippen LogP contribution in [0.2, 0.25) is 0 Å². The van der Waals surface area contributed by atoms with Gasteiger partial charge in [-0.25, -0.2) is 0 Å². The Kier molecular flexibility index (Phi) is 3.71. The molecular formula is C15H21NO2. The van der Waals surface area contributed by atoms with Crippen molar-refractivity contribution in [3.63, 3.8) is 0 Å². The minimum absolute atomic E-state index is 0.107. The lowest BCUT2D eigenvalue weighted by atomic mass is 9.97. The van der Waals surface area contributed by atoms with E-state index in [0.717, 1.165) is 12.0 Å². The summed E-state index contributed by atoms with van der Waals surface area (Å²) < 4.78 is 0. The molecule has 0 saturated heterocycles. The van der Waals surface area contributed by atoms with Gasteiger partial charge in [-0.15, -0.1) is 0 Å². The van der Waals surface area contributed by atoms with E-state index in [0.29, 0.717) is 19.0 Å². The van der Waals surface area contributed by atoms with Gasteiger partial charge in [0.05, 0.1) is 6.10 Å². The predicted octanol–water partition coefficient (Wildman–Crippen LogP) is 2.63. The second kappa shape index (κ2) is 5.11. The van der Waals surface area contributed by atoms with Gasteiger partial charge in [0.15, 0.2) is 0 Å². The standard InChI is InChI=1S/C15H21NO2/c1-10(2)6-15(18)12-4-5-13-8-16(11(3)17)9-14(13)7-12/h4-5,7,10,15,18H,6,8-9H2,1-3H3. The molecular weight excluding hydrogens is 226 g/mol. The zero-order valence-electron chi connectivity index (χ0n) is 11.3. The van der Waals surface area contributed by atoms with Crippen LogP contribution in [0.25, 0.3) is 0 Å². The Balaban J connectivity index is 2.15. The maximum absolute atomic E-state index is 11.4. The van der Waals surface area contributed by atoms with Crippen molar-refractivity contribution in [2.24, 2.45) is 5.92 Å². The number of fused-ring (bicyclic) bond motifs is 1. The number of aliphatic hydroxyl groups is 1. The summed E-state index contributed by atoms with van der Waals surface area (Å²) in [6, 6.07) is 6.07. The minimum atomic E-state index is -0.401. The van der Waals surface area contributed by atoms with Crippen molar-refractivity contribution in [3.8, 4) is 0 Å². The molecule has 0 spiro atoms. The molecule has 1 aromatic rings. The molecule has 1 heterocycles. The van der Waals surface area contributed by atoms with E-state index in [9.17, 15) is 9.90 Å². The molecule has 3 heteroatoms. The molecule has 0 saturated carbocycles. The summed E-state index contributed by atoms with van der Waals surface area (Å²) in [5.41, 5.74) is 3.34. The molecule has 1 aliphatic rings. The van der Waals surface area contributed by atoms with Crippen LogP contribution in [0.5, 0.6) is 0 Å². The summed E-state index contributed by atoms with van der Waals surface area (Å²) in [5, 5.41) is 10.1. The number of nitrogens with zero attached hydrogens (tertiary/aromatic N) is 1. The molecule has 1 atom stereocenters. The first-order valence-corrected chi connectivity index (χ1v) is 6.52. The van der Waals surface area contributed by atoms with Crippen LogP contribution in [-0.4, -0.2) is 15.9 Å². The fraction of sp³-hybridized carbons (Fsp3) is 0.533. The second-order valence-electron chi connectivity index (χ2n) is 5.55. The summed E-state index contributed by atoms with van der Waals surface area (Å²) in [6.07, 6.45) is 0.372. The van der Waals surface area contributed by atoms with Crippen LogP contribution in [0.15, 0.2) is 18.2 Å². The lowest BCUT2D eigenvalue weighted by Gasteiger charge is -2.14. The van der Waals surface area contributed by atoms with E-state index in [2.05, 4.69) is 13.8 Å². The zero-order chi connectivity index (χ0) is 13.3. The molecule has 1 amide bonds. The number of hydrogen-bond acceptors (Lipinski definition) is 2. The number of benzene rings is 1. The first kappa shape index (κ1) is 13.1. The van der Waals surface area contributed by atoms with Crippen LogP contribution in [-0.2, 0) is 17.9 Å². The number of rotatable bonds is 3. The Morgan fingerprint density at radius 2 is 2.00 bits per heavy atom. The van der Waals surface area contributed by atoms with E-state index in [1.807, 2.05) is 23.1 Å². The van der Waals surface area contributed by atoms with Crippen LogP contribution in [0.1, 0.15) is 50.0 Å². The number of carbonyl (C=O) groups excluding carboxylic acids is 1. The molecule has 0 radical (unpaired) electrons. The summed E-state index contributed by atoms with van der Waals surface area (Å²) in [5.74, 6) is 0.581. The third kappa shape index (κ3) is 2.72. The molecule has 1 aliphatic heterocycles. The van der Waals surface area contributed by atoms with E-state index in [-0.39, 0.29) is 5.91 Å². The van der Waals surface area contributed by atoms with Crippen molar-refractivity contribution in [2.75, 3.05) is 0 Å². The van der Waals surface area contributed by atoms with E-state index in [4.69, 9.17) is 0 Å². The van der Waals surface area contributed by atoms with Gasteiger partial charge in [-0.05, 0) is 29.0 Å². The smallest absolute Gasteiger partial charge is 0.220 e. The van der Waals surface area contributed by atoms with Crippen LogP contribution in [0.3, 0.4) is 0 Å². The largest absolute Gasteiger partial charge is 0.388 e. The summed E-state index contributed by atoms with van der Waals surface area (Å²) >= 11 is 0. The molecule has 2 rings (SSSR count). The van der Waals surface area contributed by atoms with Crippen LogP contribution in [0, 0.1) is 5.92 Å². The van der Waals surface area contributed by atoms with Crippen molar-refractivity contribution in [2.45, 2.75) is 46.4 Å². The topological polar surface area (TPSA) is 40.5 Å². The third-order valence-electron chi connectivity index (χ3n) is 3.48. The quantitative estimate of drug-likeness (QED) is 0.892. The lowest BCUT2D eigenvalue weighted by Crippen LogP contribution is -2.21. The van der Waals surface area contributed by atoms with E-state index < -0.39 is 6.10 Å². The normalized spacial score (nSPS) is 15.9. The SMILES string of the molecule is CC(=O)N1Cc2ccc(C(O)CC(C)C)cc2C1. The highest BCUT2D eigenvalue weighted by Gasteiger charge is 2.22. The second-order valence-corrected chi connectivity index (χ2v) is 5.55. The molecule has 0 aromatic heterocycles. The van der Waals surface area contributed by atoms with Crippen LogP contribution < -0.4 is 0 Å². The molecule has 1 N–H and O–H groups in total. The van der Waals surface area contributed by atoms with Gasteiger partial charge < -0.3 is 10.0 Å². The summed E-state index contributed by atoms with van der Waals surface area (Å²) in [7, 11) is 0. The minimum Gasteiger partial charge on any atom is -0.388 e. The molecule has 3 nitrogen and oxygen atoms in total. The first-order valence-electron chi connectivity index (χ1n) is 6.52. The van der Waals surface area contributed by atoms with Gasteiger partial charge in [0.25, 0.3) is 0 Å². The van der Waals surface area contributed by atoms with Crippen molar-refractivity contribution in [3.05, 3.63) is 34.9 Å². The molecule has 1 aromatic carbocycles. The summed E-state index contributed by atoms with van der Waals surface area (Å²) in [6.45, 7) is 7.18. The predicted molar refractivity (Wildman–Crippen MR) is 70.8 cm³/mol. The maximum Gasteiger partial charge on any atom is 0.220 e. The van der Waals surface area contributed by atoms with Gasteiger partial charge >= 0.3 is 0 Å². The fourth-order valence-corrected chi connectivity index (χ4v) is 2.43. The Morgan fingerprint density at radius 3 is 2.61 bits per heavy atom. The van der Waals surface area contributed by atoms with Gasteiger partial charge in [0.2, 0.25) is 5.91 Å². The number of carbonyl (C=O) groups is 1. The van der Waals surface area contributed by atoms with Crippen LogP contribution >= 0.6 is 0 Å². The Hall–Kier alpha value is -1.35. The van der Waals surface area contributed by atoms with Gasteiger partial charge in [-0.1, -0.05) is 32.0 Å². The molecule has 0 bridgehead atoms. The third-order valence-corrected chi connectivity index (χ3v) is 3.48.